The molecule has 0 aromatic rings. The molecule has 0 spiro atoms. The lowest BCUT2D eigenvalue weighted by molar-refractivity contribution is -0.138. The molecule has 0 aliphatic heterocycles. The largest absolute Gasteiger partial charge is 0.395 e. The molecule has 102 valence electrons. The summed E-state index contributed by atoms with van der Waals surface area (Å²) in [6.45, 7) is 2.99. The molecule has 4 nitrogen and oxygen atoms in total. The van der Waals surface area contributed by atoms with Crippen molar-refractivity contribution in [2.75, 3.05) is 26.2 Å². The van der Waals surface area contributed by atoms with E-state index in [1.165, 1.54) is 0 Å². The number of nitrogens with zero attached hydrogens (tertiary/aromatic N) is 1. The summed E-state index contributed by atoms with van der Waals surface area (Å²) in [7, 11) is 0. The topological polar surface area (TPSA) is 66.6 Å². The molecule has 0 heterocycles. The third kappa shape index (κ3) is 6.53. The molecular formula is C11H22F2N2O2. The number of aliphatic hydroxyl groups excluding tert-OH is 1. The van der Waals surface area contributed by atoms with E-state index >= 15 is 0 Å². The van der Waals surface area contributed by atoms with Gasteiger partial charge in [0.1, 0.15) is 0 Å². The number of hydrogen-bond acceptors (Lipinski definition) is 3. The number of alkyl halides is 2. The smallest absolute Gasteiger partial charge is 0.255 e. The zero-order valence-electron chi connectivity index (χ0n) is 10.4. The quantitative estimate of drug-likeness (QED) is 0.668. The van der Waals surface area contributed by atoms with Gasteiger partial charge in [0, 0.05) is 13.1 Å². The summed E-state index contributed by atoms with van der Waals surface area (Å²) in [6, 6.07) is 0. The van der Waals surface area contributed by atoms with Crippen LogP contribution in [0.15, 0.2) is 0 Å². The Morgan fingerprint density at radius 1 is 1.41 bits per heavy atom. The van der Waals surface area contributed by atoms with Crippen LogP contribution >= 0.6 is 0 Å². The average molecular weight is 252 g/mol. The van der Waals surface area contributed by atoms with Crippen LogP contribution in [0.1, 0.15) is 20.3 Å². The Balaban J connectivity index is 4.54. The van der Waals surface area contributed by atoms with Gasteiger partial charge in [-0.05, 0) is 12.3 Å². The van der Waals surface area contributed by atoms with Gasteiger partial charge in [0.05, 0.1) is 19.1 Å². The summed E-state index contributed by atoms with van der Waals surface area (Å²) in [4.78, 5) is 12.9. The molecule has 1 atom stereocenters. The van der Waals surface area contributed by atoms with Gasteiger partial charge >= 0.3 is 0 Å². The van der Waals surface area contributed by atoms with Crippen molar-refractivity contribution in [2.24, 2.45) is 17.6 Å². The van der Waals surface area contributed by atoms with Gasteiger partial charge in [0.25, 0.3) is 6.43 Å². The minimum Gasteiger partial charge on any atom is -0.395 e. The molecule has 0 aromatic heterocycles. The molecule has 1 amide bonds. The fourth-order valence-corrected chi connectivity index (χ4v) is 1.70. The first-order valence-corrected chi connectivity index (χ1v) is 5.80. The highest BCUT2D eigenvalue weighted by Gasteiger charge is 2.25. The average Bonchev–Trinajstić information content (AvgIpc) is 2.23. The number of nitrogens with two attached hydrogens (primary N) is 1. The number of rotatable bonds is 8. The summed E-state index contributed by atoms with van der Waals surface area (Å²) in [5.74, 6) is -0.564. The minimum atomic E-state index is -2.59. The molecule has 0 bridgehead atoms. The Hall–Kier alpha value is -0.750. The molecule has 0 radical (unpaired) electrons. The number of hydrogen-bond donors (Lipinski definition) is 2. The molecule has 0 saturated heterocycles. The maximum Gasteiger partial charge on any atom is 0.255 e. The lowest BCUT2D eigenvalue weighted by Gasteiger charge is -2.26. The molecule has 0 aliphatic rings. The van der Waals surface area contributed by atoms with Crippen LogP contribution < -0.4 is 5.73 Å². The van der Waals surface area contributed by atoms with Crippen LogP contribution in [0.3, 0.4) is 0 Å². The highest BCUT2D eigenvalue weighted by molar-refractivity contribution is 5.79. The predicted molar refractivity (Wildman–Crippen MR) is 61.7 cm³/mol. The van der Waals surface area contributed by atoms with Crippen LogP contribution in [0.5, 0.6) is 0 Å². The second kappa shape index (κ2) is 8.36. The van der Waals surface area contributed by atoms with Crippen LogP contribution in [0.2, 0.25) is 0 Å². The van der Waals surface area contributed by atoms with Gasteiger partial charge in [-0.2, -0.15) is 0 Å². The second-order valence-electron chi connectivity index (χ2n) is 4.46. The van der Waals surface area contributed by atoms with Crippen LogP contribution in [-0.4, -0.2) is 48.6 Å². The van der Waals surface area contributed by atoms with Crippen molar-refractivity contribution in [1.29, 1.82) is 0 Å². The van der Waals surface area contributed by atoms with Crippen molar-refractivity contribution in [1.82, 2.24) is 4.90 Å². The fourth-order valence-electron chi connectivity index (χ4n) is 1.70. The number of carbonyl (C=O) groups is 1. The van der Waals surface area contributed by atoms with Gasteiger partial charge in [-0.3, -0.25) is 4.79 Å². The zero-order valence-corrected chi connectivity index (χ0v) is 10.4. The molecular weight excluding hydrogens is 230 g/mol. The molecule has 6 heteroatoms. The van der Waals surface area contributed by atoms with Crippen molar-refractivity contribution in [3.8, 4) is 0 Å². The summed E-state index contributed by atoms with van der Waals surface area (Å²) < 4.78 is 24.6. The molecule has 0 aromatic carbocycles. The highest BCUT2D eigenvalue weighted by Crippen LogP contribution is 2.14. The third-order valence-electron chi connectivity index (χ3n) is 2.43. The Labute approximate surface area is 101 Å². The Morgan fingerprint density at radius 2 is 2.00 bits per heavy atom. The molecule has 0 rings (SSSR count). The lowest BCUT2D eigenvalue weighted by atomic mass is 9.96. The third-order valence-corrected chi connectivity index (χ3v) is 2.43. The molecule has 0 saturated carbocycles. The molecule has 3 N–H and O–H groups in total. The van der Waals surface area contributed by atoms with Crippen molar-refractivity contribution < 1.29 is 18.7 Å². The second-order valence-corrected chi connectivity index (χ2v) is 4.46. The van der Waals surface area contributed by atoms with Crippen molar-refractivity contribution in [3.63, 3.8) is 0 Å². The van der Waals surface area contributed by atoms with Gasteiger partial charge in [-0.1, -0.05) is 13.8 Å². The molecule has 0 aliphatic carbocycles. The summed E-state index contributed by atoms with van der Waals surface area (Å²) in [6.07, 6.45) is -2.02. The first-order valence-electron chi connectivity index (χ1n) is 5.80. The van der Waals surface area contributed by atoms with Gasteiger partial charge in [-0.15, -0.1) is 0 Å². The van der Waals surface area contributed by atoms with E-state index in [1.54, 1.807) is 0 Å². The van der Waals surface area contributed by atoms with Crippen LogP contribution in [0.4, 0.5) is 8.78 Å². The number of aliphatic hydroxyl groups is 1. The van der Waals surface area contributed by atoms with Gasteiger partial charge in [0.2, 0.25) is 5.91 Å². The van der Waals surface area contributed by atoms with Crippen LogP contribution in [0, 0.1) is 11.8 Å². The maximum absolute atomic E-state index is 12.3. The molecule has 1 unspecified atom stereocenters. The number of halogens is 2. The van der Waals surface area contributed by atoms with E-state index in [-0.39, 0.29) is 25.6 Å². The summed E-state index contributed by atoms with van der Waals surface area (Å²) >= 11 is 0. The Kier molecular flexibility index (Phi) is 7.99. The Morgan fingerprint density at radius 3 is 2.35 bits per heavy atom. The fraction of sp³-hybridized carbons (Fsp3) is 0.909. The lowest BCUT2D eigenvalue weighted by Crippen LogP contribution is -2.43. The van der Waals surface area contributed by atoms with Crippen molar-refractivity contribution in [3.05, 3.63) is 0 Å². The monoisotopic (exact) mass is 252 g/mol. The first-order chi connectivity index (χ1) is 7.92. The van der Waals surface area contributed by atoms with E-state index in [0.717, 1.165) is 4.90 Å². The summed E-state index contributed by atoms with van der Waals surface area (Å²) in [5, 5.41) is 8.76. The van der Waals surface area contributed by atoms with E-state index in [4.69, 9.17) is 10.8 Å². The van der Waals surface area contributed by atoms with Crippen LogP contribution in [-0.2, 0) is 4.79 Å². The number of amides is 1. The maximum atomic E-state index is 12.3. The SMILES string of the molecule is CC(C)CC(CN)C(=O)N(CCO)CC(F)F. The van der Waals surface area contributed by atoms with Gasteiger partial charge < -0.3 is 15.7 Å². The van der Waals surface area contributed by atoms with E-state index in [9.17, 15) is 13.6 Å². The van der Waals surface area contributed by atoms with Crippen molar-refractivity contribution >= 4 is 5.91 Å². The minimum absolute atomic E-state index is 0.0717. The highest BCUT2D eigenvalue weighted by atomic mass is 19.3. The van der Waals surface area contributed by atoms with E-state index in [0.29, 0.717) is 6.42 Å². The first kappa shape index (κ1) is 16.2. The predicted octanol–water partition coefficient (Wildman–Crippen LogP) is 0.693. The van der Waals surface area contributed by atoms with Crippen molar-refractivity contribution in [2.45, 2.75) is 26.7 Å². The normalized spacial score (nSPS) is 13.2. The van der Waals surface area contributed by atoms with Gasteiger partial charge in [-0.25, -0.2) is 8.78 Å². The van der Waals surface area contributed by atoms with E-state index < -0.39 is 24.8 Å². The van der Waals surface area contributed by atoms with Gasteiger partial charge in [0.15, 0.2) is 0 Å². The zero-order chi connectivity index (χ0) is 13.4. The number of carbonyl (C=O) groups excluding carboxylic acids is 1. The molecule has 0 fully saturated rings. The van der Waals surface area contributed by atoms with Crippen LogP contribution in [0.25, 0.3) is 0 Å². The molecule has 17 heavy (non-hydrogen) atoms. The Bertz CT molecular complexity index is 226. The van der Waals surface area contributed by atoms with E-state index in [2.05, 4.69) is 0 Å². The standard InChI is InChI=1S/C11H22F2N2O2/c1-8(2)5-9(6-14)11(17)15(3-4-16)7-10(12)13/h8-10,16H,3-7,14H2,1-2H3. The van der Waals surface area contributed by atoms with E-state index in [1.807, 2.05) is 13.8 Å². The summed E-state index contributed by atoms with van der Waals surface area (Å²) in [5.41, 5.74) is 5.49.